The number of nitrogens with one attached hydrogen (secondary N) is 2. The summed E-state index contributed by atoms with van der Waals surface area (Å²) in [5.74, 6) is 1.76. The summed E-state index contributed by atoms with van der Waals surface area (Å²) in [6, 6.07) is 15.1. The van der Waals surface area contributed by atoms with Crippen molar-refractivity contribution in [2.24, 2.45) is 0 Å². The van der Waals surface area contributed by atoms with Crippen molar-refractivity contribution < 1.29 is 14.4 Å². The van der Waals surface area contributed by atoms with Crippen molar-refractivity contribution in [2.75, 3.05) is 32.6 Å². The number of likely N-dealkylation sites (tertiary alicyclic amines) is 1. The molecule has 0 saturated carbocycles. The van der Waals surface area contributed by atoms with Crippen LogP contribution in [0.4, 0.5) is 5.69 Å². The van der Waals surface area contributed by atoms with Gasteiger partial charge in [-0.1, -0.05) is 15.9 Å². The van der Waals surface area contributed by atoms with E-state index < -0.39 is 0 Å². The molecule has 2 aromatic rings. The fourth-order valence-corrected chi connectivity index (χ4v) is 3.66. The highest BCUT2D eigenvalue weighted by Gasteiger charge is 2.23. The van der Waals surface area contributed by atoms with Gasteiger partial charge in [0.2, 0.25) is 0 Å². The molecule has 0 spiro atoms. The molecule has 1 aliphatic rings. The van der Waals surface area contributed by atoms with Gasteiger partial charge < -0.3 is 19.7 Å². The topological polar surface area (TPSA) is 34.9 Å². The molecule has 3 rings (SSSR count). The Labute approximate surface area is 158 Å². The number of ether oxygens (including phenoxy) is 2. The van der Waals surface area contributed by atoms with Crippen LogP contribution in [0.2, 0.25) is 0 Å². The highest BCUT2D eigenvalue weighted by atomic mass is 79.9. The number of hydrogen-bond acceptors (Lipinski definition) is 3. The summed E-state index contributed by atoms with van der Waals surface area (Å²) in [6.45, 7) is 3.34. The van der Waals surface area contributed by atoms with Crippen molar-refractivity contribution in [3.8, 4) is 11.5 Å². The molecule has 2 N–H and O–H groups in total. The largest absolute Gasteiger partial charge is 0.497 e. The van der Waals surface area contributed by atoms with E-state index in [2.05, 4.69) is 51.6 Å². The van der Waals surface area contributed by atoms with Gasteiger partial charge in [0.05, 0.1) is 27.3 Å². The number of quaternary nitrogens is 1. The Bertz CT molecular complexity index is 683. The lowest BCUT2D eigenvalue weighted by atomic mass is 10.0. The van der Waals surface area contributed by atoms with E-state index in [4.69, 9.17) is 9.47 Å². The fourth-order valence-electron chi connectivity index (χ4n) is 3.40. The average Bonchev–Trinajstić information content (AvgIpc) is 2.65. The molecular weight excluding hydrogens is 380 g/mol. The Morgan fingerprint density at radius 1 is 1.04 bits per heavy atom. The van der Waals surface area contributed by atoms with Gasteiger partial charge >= 0.3 is 0 Å². The molecule has 5 heteroatoms. The third-order valence-corrected chi connectivity index (χ3v) is 5.37. The predicted octanol–water partition coefficient (Wildman–Crippen LogP) is 3.13. The van der Waals surface area contributed by atoms with Gasteiger partial charge in [-0.3, -0.25) is 0 Å². The maximum absolute atomic E-state index is 5.53. The first-order chi connectivity index (χ1) is 12.2. The molecular formula is C20H26BrN2O2+. The number of rotatable bonds is 6. The number of benzene rings is 2. The molecule has 134 valence electrons. The molecule has 2 aromatic carbocycles. The van der Waals surface area contributed by atoms with Crippen LogP contribution in [0.15, 0.2) is 46.9 Å². The fraction of sp³-hybridized carbons (Fsp3) is 0.400. The second-order valence-corrected chi connectivity index (χ2v) is 7.45. The maximum atomic E-state index is 5.53. The first kappa shape index (κ1) is 18.1. The SMILES string of the molecule is COc1ccc(C[NH+]2CCC(Nc3ccc(Br)cc3)CC2)c(OC)c1. The number of hydrogen-bond donors (Lipinski definition) is 2. The first-order valence-corrected chi connectivity index (χ1v) is 9.54. The summed E-state index contributed by atoms with van der Waals surface area (Å²) in [5.41, 5.74) is 2.45. The van der Waals surface area contributed by atoms with Crippen molar-refractivity contribution in [3.63, 3.8) is 0 Å². The van der Waals surface area contributed by atoms with Gasteiger partial charge in [0.25, 0.3) is 0 Å². The molecule has 0 aliphatic carbocycles. The summed E-state index contributed by atoms with van der Waals surface area (Å²) in [5, 5.41) is 3.65. The van der Waals surface area contributed by atoms with Gasteiger partial charge in [-0.25, -0.2) is 0 Å². The molecule has 25 heavy (non-hydrogen) atoms. The van der Waals surface area contributed by atoms with Gasteiger partial charge in [0.1, 0.15) is 18.0 Å². The zero-order valence-electron chi connectivity index (χ0n) is 14.8. The molecule has 0 radical (unpaired) electrons. The normalized spacial score (nSPS) is 20.1. The van der Waals surface area contributed by atoms with Crippen molar-refractivity contribution in [1.82, 2.24) is 0 Å². The van der Waals surface area contributed by atoms with Crippen LogP contribution >= 0.6 is 15.9 Å². The third-order valence-electron chi connectivity index (χ3n) is 4.84. The summed E-state index contributed by atoms with van der Waals surface area (Å²) < 4.78 is 11.9. The van der Waals surface area contributed by atoms with Crippen LogP contribution in [0, 0.1) is 0 Å². The highest BCUT2D eigenvalue weighted by molar-refractivity contribution is 9.10. The number of halogens is 1. The van der Waals surface area contributed by atoms with Gasteiger partial charge in [-0.15, -0.1) is 0 Å². The van der Waals surface area contributed by atoms with Crippen LogP contribution in [0.1, 0.15) is 18.4 Å². The van der Waals surface area contributed by atoms with Gasteiger partial charge in [0, 0.05) is 40.7 Å². The van der Waals surface area contributed by atoms with Gasteiger partial charge in [0.15, 0.2) is 0 Å². The molecule has 0 unspecified atom stereocenters. The predicted molar refractivity (Wildman–Crippen MR) is 105 cm³/mol. The first-order valence-electron chi connectivity index (χ1n) is 8.74. The van der Waals surface area contributed by atoms with E-state index >= 15 is 0 Å². The minimum absolute atomic E-state index is 0.558. The third kappa shape index (κ3) is 4.89. The van der Waals surface area contributed by atoms with E-state index in [-0.39, 0.29) is 0 Å². The molecule has 1 fully saturated rings. The van der Waals surface area contributed by atoms with E-state index in [0.29, 0.717) is 6.04 Å². The molecule has 1 aliphatic heterocycles. The number of piperidine rings is 1. The number of methoxy groups -OCH3 is 2. The second kappa shape index (κ2) is 8.59. The van der Waals surface area contributed by atoms with E-state index in [1.165, 1.54) is 37.2 Å². The molecule has 0 atom stereocenters. The zero-order chi connectivity index (χ0) is 17.6. The quantitative estimate of drug-likeness (QED) is 0.774. The highest BCUT2D eigenvalue weighted by Crippen LogP contribution is 2.24. The van der Waals surface area contributed by atoms with Crippen LogP contribution < -0.4 is 19.7 Å². The van der Waals surface area contributed by atoms with E-state index in [0.717, 1.165) is 22.5 Å². The van der Waals surface area contributed by atoms with Crippen molar-refractivity contribution in [2.45, 2.75) is 25.4 Å². The lowest BCUT2D eigenvalue weighted by molar-refractivity contribution is -0.918. The average molecular weight is 406 g/mol. The van der Waals surface area contributed by atoms with E-state index in [1.54, 1.807) is 19.1 Å². The summed E-state index contributed by atoms with van der Waals surface area (Å²) >= 11 is 3.48. The molecule has 0 aromatic heterocycles. The maximum Gasteiger partial charge on any atom is 0.131 e. The van der Waals surface area contributed by atoms with E-state index in [1.807, 2.05) is 12.1 Å². The van der Waals surface area contributed by atoms with Crippen LogP contribution in [-0.2, 0) is 6.54 Å². The van der Waals surface area contributed by atoms with Gasteiger partial charge in [-0.05, 0) is 36.4 Å². The van der Waals surface area contributed by atoms with E-state index in [9.17, 15) is 0 Å². The summed E-state index contributed by atoms with van der Waals surface area (Å²) in [4.78, 5) is 1.61. The minimum atomic E-state index is 0.558. The number of anilines is 1. The molecule has 0 bridgehead atoms. The lowest BCUT2D eigenvalue weighted by Crippen LogP contribution is -3.12. The Morgan fingerprint density at radius 2 is 1.76 bits per heavy atom. The van der Waals surface area contributed by atoms with Crippen molar-refractivity contribution >= 4 is 21.6 Å². The summed E-state index contributed by atoms with van der Waals surface area (Å²) in [6.07, 6.45) is 2.37. The Hall–Kier alpha value is -1.72. The van der Waals surface area contributed by atoms with Crippen LogP contribution in [0.5, 0.6) is 11.5 Å². The Kier molecular flexibility index (Phi) is 6.21. The smallest absolute Gasteiger partial charge is 0.131 e. The minimum Gasteiger partial charge on any atom is -0.497 e. The standard InChI is InChI=1S/C20H25BrN2O2/c1-24-19-8-3-15(20(13-19)25-2)14-23-11-9-18(10-12-23)22-17-6-4-16(21)5-7-17/h3-8,13,18,22H,9-12,14H2,1-2H3/p+1. The molecule has 0 amide bonds. The zero-order valence-corrected chi connectivity index (χ0v) is 16.4. The molecule has 1 saturated heterocycles. The van der Waals surface area contributed by atoms with Crippen LogP contribution in [-0.4, -0.2) is 33.4 Å². The lowest BCUT2D eigenvalue weighted by Gasteiger charge is -2.30. The molecule has 1 heterocycles. The molecule has 4 nitrogen and oxygen atoms in total. The Morgan fingerprint density at radius 3 is 2.40 bits per heavy atom. The van der Waals surface area contributed by atoms with Crippen LogP contribution in [0.25, 0.3) is 0 Å². The second-order valence-electron chi connectivity index (χ2n) is 6.53. The summed E-state index contributed by atoms with van der Waals surface area (Å²) in [7, 11) is 3.41. The van der Waals surface area contributed by atoms with Crippen LogP contribution in [0.3, 0.4) is 0 Å². The van der Waals surface area contributed by atoms with Crippen molar-refractivity contribution in [1.29, 1.82) is 0 Å². The van der Waals surface area contributed by atoms with Gasteiger partial charge in [-0.2, -0.15) is 0 Å². The van der Waals surface area contributed by atoms with Crippen molar-refractivity contribution in [3.05, 3.63) is 52.5 Å². The monoisotopic (exact) mass is 405 g/mol. The Balaban J connectivity index is 1.53.